The summed E-state index contributed by atoms with van der Waals surface area (Å²) in [5.41, 5.74) is 8.57. The number of aliphatic hydroxyl groups excluding tert-OH is 1. The van der Waals surface area contributed by atoms with Gasteiger partial charge < -0.3 is 25.8 Å². The molecule has 2 amide bonds. The van der Waals surface area contributed by atoms with Gasteiger partial charge in [-0.1, -0.05) is 37.3 Å². The smallest absolute Gasteiger partial charge is 0.262 e. The third-order valence-electron chi connectivity index (χ3n) is 8.43. The summed E-state index contributed by atoms with van der Waals surface area (Å²) in [4.78, 5) is 30.0. The molecule has 0 saturated carbocycles. The number of rotatable bonds is 11. The van der Waals surface area contributed by atoms with Gasteiger partial charge in [0.05, 0.1) is 40.2 Å². The summed E-state index contributed by atoms with van der Waals surface area (Å²) in [5.74, 6) is -1.43. The second-order valence-corrected chi connectivity index (χ2v) is 14.0. The summed E-state index contributed by atoms with van der Waals surface area (Å²) in [6.45, 7) is 4.61. The van der Waals surface area contributed by atoms with Gasteiger partial charge in [-0.25, -0.2) is 12.8 Å². The van der Waals surface area contributed by atoms with Crippen LogP contribution in [0.1, 0.15) is 40.1 Å². The van der Waals surface area contributed by atoms with Crippen molar-refractivity contribution in [3.05, 3.63) is 114 Å². The summed E-state index contributed by atoms with van der Waals surface area (Å²) in [7, 11) is -2.25. The summed E-state index contributed by atoms with van der Waals surface area (Å²) < 4.78 is 49.2. The maximum Gasteiger partial charge on any atom is 0.262 e. The average Bonchev–Trinajstić information content (AvgIpc) is 3.07. The fraction of sp³-hybridized carbons (Fsp3) is 0.278. The first-order valence-electron chi connectivity index (χ1n) is 15.8. The molecule has 0 fully saturated rings. The van der Waals surface area contributed by atoms with Gasteiger partial charge in [0.15, 0.2) is 5.75 Å². The third-order valence-corrected chi connectivity index (χ3v) is 9.81. The van der Waals surface area contributed by atoms with E-state index in [1.807, 2.05) is 31.0 Å². The molecule has 3 atom stereocenters. The maximum atomic E-state index is 13.8. The van der Waals surface area contributed by atoms with Crippen molar-refractivity contribution in [2.45, 2.75) is 37.4 Å². The van der Waals surface area contributed by atoms with Gasteiger partial charge in [0.25, 0.3) is 21.8 Å². The number of carbonyl (C=O) groups is 2. The molecular weight excluding hydrogens is 649 g/mol. The van der Waals surface area contributed by atoms with E-state index in [2.05, 4.69) is 10.0 Å². The standard InChI is InChI=1S/C36H40FN5O6S/c1-23-19-42(24(2)22-43)36(45)29-7-6-10-32(40-49(46,47)28-17-15-27(37)16-18-28)34(29)48-33(23)21-41(3)20-25-11-13-26(14-12-25)35(44)39-31-9-5-4-8-30(31)38/h4-18,23-24,33,40,43H,19-22,38H2,1-3H3,(H,39,44)/t23-,24+,33+/m1/s1. The molecule has 5 N–H and O–H groups in total. The van der Waals surface area contributed by atoms with Crippen molar-refractivity contribution >= 4 is 38.9 Å². The number of ether oxygens (including phenoxy) is 1. The van der Waals surface area contributed by atoms with E-state index in [4.69, 9.17) is 10.5 Å². The number of fused-ring (bicyclic) bond motifs is 1. The summed E-state index contributed by atoms with van der Waals surface area (Å²) in [6, 6.07) is 22.7. The van der Waals surface area contributed by atoms with Crippen molar-refractivity contribution in [1.29, 1.82) is 0 Å². The zero-order valence-electron chi connectivity index (χ0n) is 27.5. The van der Waals surface area contributed by atoms with Crippen LogP contribution in [0.5, 0.6) is 5.75 Å². The summed E-state index contributed by atoms with van der Waals surface area (Å²) in [6.07, 6.45) is -0.511. The second kappa shape index (κ2) is 15.1. The number of nitrogens with one attached hydrogen (secondary N) is 2. The highest BCUT2D eigenvalue weighted by atomic mass is 32.2. The van der Waals surface area contributed by atoms with Crippen molar-refractivity contribution in [3.8, 4) is 5.75 Å². The third kappa shape index (κ3) is 8.37. The molecule has 4 aromatic rings. The van der Waals surface area contributed by atoms with Crippen LogP contribution in [-0.4, -0.2) is 74.0 Å². The number of carbonyl (C=O) groups excluding carboxylic acids is 2. The number of likely N-dealkylation sites (N-methyl/N-ethyl adjacent to an activating group) is 1. The Morgan fingerprint density at radius 1 is 1.04 bits per heavy atom. The van der Waals surface area contributed by atoms with E-state index in [0.29, 0.717) is 36.6 Å². The van der Waals surface area contributed by atoms with E-state index in [-0.39, 0.29) is 40.3 Å². The fourth-order valence-electron chi connectivity index (χ4n) is 5.61. The van der Waals surface area contributed by atoms with Gasteiger partial charge in [0, 0.05) is 31.1 Å². The Morgan fingerprint density at radius 2 is 1.71 bits per heavy atom. The van der Waals surface area contributed by atoms with Gasteiger partial charge in [-0.05, 0) is 80.2 Å². The lowest BCUT2D eigenvalue weighted by atomic mass is 9.99. The number of nitrogens with two attached hydrogens (primary N) is 1. The minimum absolute atomic E-state index is 0.0552. The van der Waals surface area contributed by atoms with Crippen LogP contribution in [0, 0.1) is 11.7 Å². The number of para-hydroxylation sites is 3. The normalized spacial score (nSPS) is 17.0. The Balaban J connectivity index is 1.37. The van der Waals surface area contributed by atoms with Gasteiger partial charge in [-0.3, -0.25) is 19.2 Å². The molecule has 0 saturated heterocycles. The maximum absolute atomic E-state index is 13.8. The predicted octanol–water partition coefficient (Wildman–Crippen LogP) is 4.81. The lowest BCUT2D eigenvalue weighted by Gasteiger charge is -2.38. The first-order valence-corrected chi connectivity index (χ1v) is 17.3. The lowest BCUT2D eigenvalue weighted by molar-refractivity contribution is 0.0344. The Labute approximate surface area is 285 Å². The van der Waals surface area contributed by atoms with Gasteiger partial charge in [-0.15, -0.1) is 0 Å². The first kappa shape index (κ1) is 35.3. The van der Waals surface area contributed by atoms with E-state index >= 15 is 0 Å². The van der Waals surface area contributed by atoms with Crippen molar-refractivity contribution in [1.82, 2.24) is 9.80 Å². The first-order chi connectivity index (χ1) is 23.4. The minimum atomic E-state index is -4.17. The Bertz CT molecular complexity index is 1910. The number of aliphatic hydroxyl groups is 1. The molecule has 13 heteroatoms. The monoisotopic (exact) mass is 689 g/mol. The highest BCUT2D eigenvalue weighted by Gasteiger charge is 2.35. The van der Waals surface area contributed by atoms with E-state index in [9.17, 15) is 27.5 Å². The zero-order chi connectivity index (χ0) is 35.3. The highest BCUT2D eigenvalue weighted by Crippen LogP contribution is 2.36. The molecule has 5 rings (SSSR count). The molecule has 0 unspecified atom stereocenters. The topological polar surface area (TPSA) is 154 Å². The Morgan fingerprint density at radius 3 is 2.39 bits per heavy atom. The van der Waals surface area contributed by atoms with Crippen LogP contribution in [0.3, 0.4) is 0 Å². The van der Waals surface area contributed by atoms with Crippen LogP contribution < -0.4 is 20.5 Å². The molecule has 0 radical (unpaired) electrons. The molecule has 0 bridgehead atoms. The van der Waals surface area contributed by atoms with Crippen LogP contribution in [0.2, 0.25) is 0 Å². The van der Waals surface area contributed by atoms with Crippen molar-refractivity contribution in [3.63, 3.8) is 0 Å². The molecular formula is C36H40FN5O6S. The molecule has 49 heavy (non-hydrogen) atoms. The molecule has 11 nitrogen and oxygen atoms in total. The number of benzene rings is 4. The lowest BCUT2D eigenvalue weighted by Crippen LogP contribution is -2.49. The molecule has 1 aliphatic rings. The van der Waals surface area contributed by atoms with E-state index in [1.165, 1.54) is 6.07 Å². The number of amides is 2. The van der Waals surface area contributed by atoms with E-state index in [0.717, 1.165) is 29.8 Å². The molecule has 1 heterocycles. The van der Waals surface area contributed by atoms with Crippen molar-refractivity contribution < 1.29 is 32.2 Å². The number of nitrogen functional groups attached to an aromatic ring is 1. The summed E-state index contributed by atoms with van der Waals surface area (Å²) >= 11 is 0. The van der Waals surface area contributed by atoms with Crippen LogP contribution in [-0.2, 0) is 16.6 Å². The highest BCUT2D eigenvalue weighted by molar-refractivity contribution is 7.92. The number of sulfonamides is 1. The predicted molar refractivity (Wildman–Crippen MR) is 186 cm³/mol. The number of anilines is 3. The number of hydrogen-bond donors (Lipinski definition) is 4. The van der Waals surface area contributed by atoms with Crippen molar-refractivity contribution in [2.24, 2.45) is 5.92 Å². The second-order valence-electron chi connectivity index (χ2n) is 12.3. The molecule has 1 aliphatic heterocycles. The van der Waals surface area contributed by atoms with Gasteiger partial charge in [0.1, 0.15) is 11.9 Å². The van der Waals surface area contributed by atoms with E-state index in [1.54, 1.807) is 60.4 Å². The minimum Gasteiger partial charge on any atom is -0.486 e. The van der Waals surface area contributed by atoms with Crippen LogP contribution in [0.15, 0.2) is 95.9 Å². The van der Waals surface area contributed by atoms with Crippen LogP contribution >= 0.6 is 0 Å². The fourth-order valence-corrected chi connectivity index (χ4v) is 6.67. The number of halogens is 1. The zero-order valence-corrected chi connectivity index (χ0v) is 28.3. The Hall–Kier alpha value is -4.98. The van der Waals surface area contributed by atoms with Gasteiger partial charge in [-0.2, -0.15) is 0 Å². The van der Waals surface area contributed by atoms with Gasteiger partial charge >= 0.3 is 0 Å². The SMILES string of the molecule is C[C@@H]1CN([C@@H](C)CO)C(=O)c2cccc(NS(=O)(=O)c3ccc(F)cc3)c2O[C@H]1CN(C)Cc1ccc(C(=O)Nc2ccccc2N)cc1. The van der Waals surface area contributed by atoms with Crippen molar-refractivity contribution in [2.75, 3.05) is 42.5 Å². The average molecular weight is 690 g/mol. The van der Waals surface area contributed by atoms with Crippen LogP contribution in [0.4, 0.5) is 21.5 Å². The molecule has 4 aromatic carbocycles. The van der Waals surface area contributed by atoms with Crippen LogP contribution in [0.25, 0.3) is 0 Å². The number of nitrogens with zero attached hydrogens (tertiary/aromatic N) is 2. The summed E-state index contributed by atoms with van der Waals surface area (Å²) in [5, 5.41) is 12.8. The molecule has 0 aliphatic carbocycles. The number of hydrogen-bond acceptors (Lipinski definition) is 8. The molecule has 258 valence electrons. The molecule has 0 aromatic heterocycles. The Kier molecular flexibility index (Phi) is 10.9. The van der Waals surface area contributed by atoms with Gasteiger partial charge in [0.2, 0.25) is 0 Å². The van der Waals surface area contributed by atoms with E-state index < -0.39 is 33.9 Å². The largest absolute Gasteiger partial charge is 0.486 e. The quantitative estimate of drug-likeness (QED) is 0.164. The molecule has 0 spiro atoms.